The van der Waals surface area contributed by atoms with Crippen LogP contribution in [0.1, 0.15) is 27.3 Å². The average Bonchev–Trinajstić information content (AvgIpc) is 3.23. The Morgan fingerprint density at radius 2 is 1.71 bits per heavy atom. The van der Waals surface area contributed by atoms with Crippen molar-refractivity contribution in [2.75, 3.05) is 26.6 Å². The summed E-state index contributed by atoms with van der Waals surface area (Å²) < 4.78 is 23.5. The Kier molecular flexibility index (Phi) is 6.92. The first-order valence-corrected chi connectivity index (χ1v) is 11.5. The Bertz CT molecular complexity index is 1430. The van der Waals surface area contributed by atoms with Gasteiger partial charge >= 0.3 is 0 Å². The zero-order valence-electron chi connectivity index (χ0n) is 20.0. The predicted molar refractivity (Wildman–Crippen MR) is 134 cm³/mol. The Balaban J connectivity index is 1.59. The second-order valence-corrected chi connectivity index (χ2v) is 8.57. The van der Waals surface area contributed by atoms with Crippen molar-refractivity contribution in [3.8, 4) is 23.0 Å². The maximum Gasteiger partial charge on any atom is 0.259 e. The molecule has 0 aliphatic carbocycles. The minimum Gasteiger partial charge on any atom is -0.493 e. The summed E-state index contributed by atoms with van der Waals surface area (Å²) in [4.78, 5) is 30.7. The summed E-state index contributed by atoms with van der Waals surface area (Å²) in [5.41, 5.74) is 2.91. The van der Waals surface area contributed by atoms with Gasteiger partial charge in [0.25, 0.3) is 11.5 Å². The van der Waals surface area contributed by atoms with E-state index in [0.717, 1.165) is 11.3 Å². The molecule has 0 atom stereocenters. The van der Waals surface area contributed by atoms with Crippen molar-refractivity contribution in [1.29, 1.82) is 0 Å². The number of aryl methyl sites for hydroxylation is 2. The number of carbonyl (C=O) groups is 1. The summed E-state index contributed by atoms with van der Waals surface area (Å²) >= 11 is 1.39. The SMILES string of the molecule is COc1cc(C(=O)Nc2cc(C)ccc2OCc2cc(=O)n3c(C)csc3n2)cc(OC)c1OC. The molecule has 1 N–H and O–H groups in total. The molecule has 0 fully saturated rings. The van der Waals surface area contributed by atoms with E-state index >= 15 is 0 Å². The number of nitrogens with zero attached hydrogens (tertiary/aromatic N) is 2. The van der Waals surface area contributed by atoms with E-state index < -0.39 is 0 Å². The van der Waals surface area contributed by atoms with Gasteiger partial charge in [0, 0.05) is 22.7 Å². The molecule has 1 amide bonds. The molecule has 2 heterocycles. The Labute approximate surface area is 205 Å². The number of carbonyl (C=O) groups excluding carboxylic acids is 1. The number of nitrogens with one attached hydrogen (secondary N) is 1. The molecule has 0 spiro atoms. The lowest BCUT2D eigenvalue weighted by atomic mass is 10.1. The number of fused-ring (bicyclic) bond motifs is 1. The summed E-state index contributed by atoms with van der Waals surface area (Å²) in [5, 5.41) is 4.77. The zero-order valence-corrected chi connectivity index (χ0v) is 20.8. The molecule has 0 bridgehead atoms. The molecule has 2 aromatic carbocycles. The first kappa shape index (κ1) is 24.1. The highest BCUT2D eigenvalue weighted by atomic mass is 32.1. The van der Waals surface area contributed by atoms with Crippen LogP contribution in [0.5, 0.6) is 23.0 Å². The van der Waals surface area contributed by atoms with Crippen LogP contribution in [0.25, 0.3) is 4.96 Å². The van der Waals surface area contributed by atoms with Gasteiger partial charge in [-0.3, -0.25) is 14.0 Å². The number of methoxy groups -OCH3 is 3. The van der Waals surface area contributed by atoms with Gasteiger partial charge in [-0.1, -0.05) is 6.07 Å². The van der Waals surface area contributed by atoms with E-state index in [9.17, 15) is 9.59 Å². The van der Waals surface area contributed by atoms with E-state index in [1.807, 2.05) is 25.3 Å². The number of amides is 1. The highest BCUT2D eigenvalue weighted by molar-refractivity contribution is 7.15. The van der Waals surface area contributed by atoms with Gasteiger partial charge in [-0.2, -0.15) is 0 Å². The molecule has 0 radical (unpaired) electrons. The van der Waals surface area contributed by atoms with Crippen LogP contribution in [0.4, 0.5) is 5.69 Å². The van der Waals surface area contributed by atoms with Crippen molar-refractivity contribution in [2.24, 2.45) is 0 Å². The third-order valence-electron chi connectivity index (χ3n) is 5.31. The molecule has 0 aliphatic heterocycles. The average molecular weight is 496 g/mol. The summed E-state index contributed by atoms with van der Waals surface area (Å²) in [6.45, 7) is 3.84. The molecule has 0 aliphatic rings. The second-order valence-electron chi connectivity index (χ2n) is 7.74. The predicted octanol–water partition coefficient (Wildman–Crippen LogP) is 4.23. The first-order valence-electron chi connectivity index (χ1n) is 10.7. The fourth-order valence-electron chi connectivity index (χ4n) is 3.60. The van der Waals surface area contributed by atoms with E-state index in [1.165, 1.54) is 38.7 Å². The molecular formula is C25H25N3O6S. The molecule has 4 rings (SSSR count). The van der Waals surface area contributed by atoms with Crippen molar-refractivity contribution in [3.63, 3.8) is 0 Å². The Hall–Kier alpha value is -4.05. The first-order chi connectivity index (χ1) is 16.8. The van der Waals surface area contributed by atoms with Crippen molar-refractivity contribution in [2.45, 2.75) is 20.5 Å². The molecule has 9 nitrogen and oxygen atoms in total. The number of hydrogen-bond donors (Lipinski definition) is 1. The fraction of sp³-hybridized carbons (Fsp3) is 0.240. The number of anilines is 1. The number of ether oxygens (including phenoxy) is 4. The van der Waals surface area contributed by atoms with Gasteiger partial charge in [-0.15, -0.1) is 11.3 Å². The molecular weight excluding hydrogens is 470 g/mol. The molecule has 0 saturated heterocycles. The number of thiazole rings is 1. The van der Waals surface area contributed by atoms with Crippen LogP contribution in [0.15, 0.2) is 46.6 Å². The van der Waals surface area contributed by atoms with Crippen LogP contribution in [-0.4, -0.2) is 36.6 Å². The molecule has 0 saturated carbocycles. The van der Waals surface area contributed by atoms with Crippen LogP contribution in [0, 0.1) is 13.8 Å². The number of aromatic nitrogens is 2. The highest BCUT2D eigenvalue weighted by Gasteiger charge is 2.18. The lowest BCUT2D eigenvalue weighted by Crippen LogP contribution is -2.16. The lowest BCUT2D eigenvalue weighted by molar-refractivity contribution is 0.102. The molecule has 2 aromatic heterocycles. The van der Waals surface area contributed by atoms with Crippen molar-refractivity contribution < 1.29 is 23.7 Å². The van der Waals surface area contributed by atoms with Gasteiger partial charge in [0.1, 0.15) is 12.4 Å². The van der Waals surface area contributed by atoms with E-state index in [4.69, 9.17) is 18.9 Å². The fourth-order valence-corrected chi connectivity index (χ4v) is 4.49. The van der Waals surface area contributed by atoms with Gasteiger partial charge in [-0.25, -0.2) is 4.98 Å². The standard InChI is InChI=1S/C25H25N3O6S/c1-14-6-7-19(34-12-17-11-22(29)28-15(2)13-35-25(28)26-17)18(8-14)27-24(30)16-9-20(31-3)23(33-5)21(10-16)32-4/h6-11,13H,12H2,1-5H3,(H,27,30). The molecule has 182 valence electrons. The van der Waals surface area contributed by atoms with Gasteiger partial charge in [0.2, 0.25) is 5.75 Å². The highest BCUT2D eigenvalue weighted by Crippen LogP contribution is 2.38. The van der Waals surface area contributed by atoms with Crippen LogP contribution in [0.3, 0.4) is 0 Å². The second kappa shape index (κ2) is 10.1. The van der Waals surface area contributed by atoms with E-state index in [2.05, 4.69) is 10.3 Å². The van der Waals surface area contributed by atoms with Crippen LogP contribution >= 0.6 is 11.3 Å². The van der Waals surface area contributed by atoms with Crippen LogP contribution < -0.4 is 29.8 Å². The van der Waals surface area contributed by atoms with E-state index in [0.29, 0.717) is 44.9 Å². The summed E-state index contributed by atoms with van der Waals surface area (Å²) in [6.07, 6.45) is 0. The number of rotatable bonds is 8. The minimum atomic E-state index is -0.383. The van der Waals surface area contributed by atoms with Gasteiger partial charge in [-0.05, 0) is 43.7 Å². The van der Waals surface area contributed by atoms with Crippen LogP contribution in [-0.2, 0) is 6.61 Å². The molecule has 10 heteroatoms. The summed E-state index contributed by atoms with van der Waals surface area (Å²) in [6, 6.07) is 10.0. The quantitative estimate of drug-likeness (QED) is 0.390. The smallest absolute Gasteiger partial charge is 0.259 e. The molecule has 0 unspecified atom stereocenters. The largest absolute Gasteiger partial charge is 0.493 e. The molecule has 4 aromatic rings. The monoisotopic (exact) mass is 495 g/mol. The zero-order chi connectivity index (χ0) is 25.1. The maximum atomic E-state index is 13.1. The normalized spacial score (nSPS) is 10.8. The Morgan fingerprint density at radius 3 is 2.37 bits per heavy atom. The van der Waals surface area contributed by atoms with Crippen LogP contribution in [0.2, 0.25) is 0 Å². The number of hydrogen-bond acceptors (Lipinski definition) is 8. The maximum absolute atomic E-state index is 13.1. The molecule has 35 heavy (non-hydrogen) atoms. The lowest BCUT2D eigenvalue weighted by Gasteiger charge is -2.16. The van der Waals surface area contributed by atoms with Gasteiger partial charge < -0.3 is 24.3 Å². The van der Waals surface area contributed by atoms with Crippen molar-refractivity contribution >= 4 is 27.9 Å². The summed E-state index contributed by atoms with van der Waals surface area (Å²) in [5.74, 6) is 1.20. The third-order valence-corrected chi connectivity index (χ3v) is 6.26. The third kappa shape index (κ3) is 4.92. The Morgan fingerprint density at radius 1 is 1.00 bits per heavy atom. The van der Waals surface area contributed by atoms with Gasteiger partial charge in [0.05, 0.1) is 32.7 Å². The topological polar surface area (TPSA) is 100 Å². The minimum absolute atomic E-state index is 0.0683. The summed E-state index contributed by atoms with van der Waals surface area (Å²) in [7, 11) is 4.47. The van der Waals surface area contributed by atoms with E-state index in [1.54, 1.807) is 28.7 Å². The van der Waals surface area contributed by atoms with E-state index in [-0.39, 0.29) is 18.1 Å². The van der Waals surface area contributed by atoms with Crippen molar-refractivity contribution in [3.05, 3.63) is 74.6 Å². The van der Waals surface area contributed by atoms with Crippen molar-refractivity contribution in [1.82, 2.24) is 9.38 Å². The van der Waals surface area contributed by atoms with Gasteiger partial charge in [0.15, 0.2) is 16.5 Å². The number of benzene rings is 2.